The van der Waals surface area contributed by atoms with Crippen molar-refractivity contribution in [3.8, 4) is 11.8 Å². The molecule has 1 fully saturated rings. The molecule has 0 bridgehead atoms. The Morgan fingerprint density at radius 1 is 1.13 bits per heavy atom. The Balaban J connectivity index is 1.60. The first kappa shape index (κ1) is 19.3. The summed E-state index contributed by atoms with van der Waals surface area (Å²) in [5.74, 6) is 7.12. The van der Waals surface area contributed by atoms with E-state index in [9.17, 15) is 4.79 Å². The third-order valence-electron chi connectivity index (χ3n) is 5.57. The van der Waals surface area contributed by atoms with E-state index in [-0.39, 0.29) is 6.04 Å². The van der Waals surface area contributed by atoms with Crippen molar-refractivity contribution in [1.82, 2.24) is 9.78 Å². The summed E-state index contributed by atoms with van der Waals surface area (Å²) in [7, 11) is 0. The lowest BCUT2D eigenvalue weighted by Gasteiger charge is -2.37. The second-order valence-corrected chi connectivity index (χ2v) is 7.97. The molecule has 2 aromatic carbocycles. The van der Waals surface area contributed by atoms with Crippen LogP contribution in [0.5, 0.6) is 0 Å². The second-order valence-electron chi connectivity index (χ2n) is 7.97. The molecule has 1 unspecified atom stereocenters. The molecule has 1 saturated carbocycles. The molecule has 154 valence electrons. The van der Waals surface area contributed by atoms with Gasteiger partial charge in [0.2, 0.25) is 0 Å². The van der Waals surface area contributed by atoms with E-state index in [0.717, 1.165) is 34.4 Å². The van der Waals surface area contributed by atoms with E-state index >= 15 is 0 Å². The average molecular weight is 409 g/mol. The number of para-hydroxylation sites is 1. The Labute approximate surface area is 181 Å². The van der Waals surface area contributed by atoms with Gasteiger partial charge in [0.05, 0.1) is 29.5 Å². The fraction of sp³-hybridized carbons (Fsp3) is 0.240. The quantitative estimate of drug-likeness (QED) is 0.526. The molecule has 1 aliphatic heterocycles. The summed E-state index contributed by atoms with van der Waals surface area (Å²) in [5.41, 5.74) is 10.3. The summed E-state index contributed by atoms with van der Waals surface area (Å²) in [6, 6.07) is 15.1. The smallest absolute Gasteiger partial charge is 0.147 e. The molecule has 2 aliphatic rings. The molecule has 6 heteroatoms. The molecule has 0 spiro atoms. The zero-order chi connectivity index (χ0) is 21.4. The van der Waals surface area contributed by atoms with Crippen LogP contribution < -0.4 is 10.6 Å². The molecule has 1 aliphatic carbocycles. The number of carbonyl (C=O) groups excluding carboxylic acids is 1. The minimum absolute atomic E-state index is 0.334. The lowest BCUT2D eigenvalue weighted by molar-refractivity contribution is -0.108. The lowest BCUT2D eigenvalue weighted by Crippen LogP contribution is -2.46. The van der Waals surface area contributed by atoms with Crippen molar-refractivity contribution < 1.29 is 4.79 Å². The maximum atomic E-state index is 12.4. The normalized spacial score (nSPS) is 18.5. The van der Waals surface area contributed by atoms with Crippen molar-refractivity contribution in [3.63, 3.8) is 0 Å². The molecule has 2 atom stereocenters. The van der Waals surface area contributed by atoms with E-state index in [0.29, 0.717) is 11.9 Å². The van der Waals surface area contributed by atoms with E-state index in [1.165, 1.54) is 12.8 Å². The molecule has 5 rings (SSSR count). The van der Waals surface area contributed by atoms with Crippen LogP contribution in [-0.2, 0) is 4.79 Å². The van der Waals surface area contributed by atoms with E-state index in [1.807, 2.05) is 71.2 Å². The number of hydrogen-bond acceptors (Lipinski definition) is 5. The van der Waals surface area contributed by atoms with Crippen LogP contribution in [0.1, 0.15) is 48.5 Å². The lowest BCUT2D eigenvalue weighted by atomic mass is 9.94. The zero-order valence-corrected chi connectivity index (χ0v) is 17.3. The van der Waals surface area contributed by atoms with Gasteiger partial charge < -0.3 is 15.4 Å². The highest BCUT2D eigenvalue weighted by atomic mass is 16.1. The minimum Gasteiger partial charge on any atom is -0.322 e. The standard InChI is InChI=1S/C25H23N5O/c1-17(26)25-28-22-9-5-6-19(11-10-18-14-27-29(15-18)20-12-13-20)24(22)23(16-31)30(25)21-7-3-2-4-8-21/h2-9,14-17,20,23H,12-13,26H2,1H3/t17?,23-/m1/s1. The van der Waals surface area contributed by atoms with E-state index in [1.54, 1.807) is 6.20 Å². The van der Waals surface area contributed by atoms with Crippen LogP contribution in [0.25, 0.3) is 0 Å². The maximum Gasteiger partial charge on any atom is 0.147 e. The fourth-order valence-corrected chi connectivity index (χ4v) is 3.93. The van der Waals surface area contributed by atoms with Gasteiger partial charge in [0.15, 0.2) is 0 Å². The average Bonchev–Trinajstić information content (AvgIpc) is 3.54. The van der Waals surface area contributed by atoms with Crippen LogP contribution >= 0.6 is 0 Å². The summed E-state index contributed by atoms with van der Waals surface area (Å²) in [5, 5.41) is 4.40. The van der Waals surface area contributed by atoms with Crippen LogP contribution in [0, 0.1) is 11.8 Å². The van der Waals surface area contributed by atoms with Crippen molar-refractivity contribution in [3.05, 3.63) is 77.6 Å². The number of rotatable bonds is 4. The third kappa shape index (κ3) is 3.65. The highest BCUT2D eigenvalue weighted by Gasteiger charge is 2.34. The zero-order valence-electron chi connectivity index (χ0n) is 17.3. The summed E-state index contributed by atoms with van der Waals surface area (Å²) in [6.45, 7) is 1.88. The number of aldehydes is 1. The van der Waals surface area contributed by atoms with Gasteiger partial charge in [-0.3, -0.25) is 4.68 Å². The number of nitrogens with two attached hydrogens (primary N) is 1. The number of nitrogens with zero attached hydrogens (tertiary/aromatic N) is 4. The monoisotopic (exact) mass is 409 g/mol. The van der Waals surface area contributed by atoms with Crippen molar-refractivity contribution in [2.75, 3.05) is 4.90 Å². The summed E-state index contributed by atoms with van der Waals surface area (Å²) in [4.78, 5) is 19.1. The SMILES string of the molecule is CC(N)C1=Nc2cccc(C#Cc3cnn(C4CC4)c3)c2[C@@H](C=O)N1c1ccccc1. The number of anilines is 1. The van der Waals surface area contributed by atoms with Gasteiger partial charge in [-0.1, -0.05) is 36.1 Å². The predicted octanol–water partition coefficient (Wildman–Crippen LogP) is 3.76. The summed E-state index contributed by atoms with van der Waals surface area (Å²) < 4.78 is 1.98. The van der Waals surface area contributed by atoms with Crippen molar-refractivity contribution in [2.45, 2.75) is 37.9 Å². The Kier molecular flexibility index (Phi) is 4.89. The van der Waals surface area contributed by atoms with Gasteiger partial charge in [-0.2, -0.15) is 5.10 Å². The summed E-state index contributed by atoms with van der Waals surface area (Å²) >= 11 is 0. The first-order chi connectivity index (χ1) is 15.2. The molecule has 1 aromatic heterocycles. The van der Waals surface area contributed by atoms with Gasteiger partial charge in [0.1, 0.15) is 18.2 Å². The number of fused-ring (bicyclic) bond motifs is 1. The van der Waals surface area contributed by atoms with Crippen LogP contribution in [0.15, 0.2) is 65.9 Å². The number of benzene rings is 2. The molecule has 31 heavy (non-hydrogen) atoms. The van der Waals surface area contributed by atoms with E-state index < -0.39 is 6.04 Å². The highest BCUT2D eigenvalue weighted by molar-refractivity contribution is 6.07. The largest absolute Gasteiger partial charge is 0.322 e. The topological polar surface area (TPSA) is 76.5 Å². The fourth-order valence-electron chi connectivity index (χ4n) is 3.93. The molecule has 0 radical (unpaired) electrons. The van der Waals surface area contributed by atoms with Crippen molar-refractivity contribution >= 4 is 23.5 Å². The van der Waals surface area contributed by atoms with Crippen molar-refractivity contribution in [2.24, 2.45) is 10.7 Å². The van der Waals surface area contributed by atoms with Crippen molar-refractivity contribution in [1.29, 1.82) is 0 Å². The molecule has 3 aromatic rings. The van der Waals surface area contributed by atoms with Gasteiger partial charge >= 0.3 is 0 Å². The molecule has 6 nitrogen and oxygen atoms in total. The van der Waals surface area contributed by atoms with Crippen LogP contribution in [0.4, 0.5) is 11.4 Å². The Hall–Kier alpha value is -3.69. The van der Waals surface area contributed by atoms with Gasteiger partial charge in [-0.15, -0.1) is 0 Å². The van der Waals surface area contributed by atoms with Crippen LogP contribution in [-0.4, -0.2) is 27.9 Å². The molecular weight excluding hydrogens is 386 g/mol. The van der Waals surface area contributed by atoms with Crippen LogP contribution in [0.3, 0.4) is 0 Å². The number of amidine groups is 1. The predicted molar refractivity (Wildman–Crippen MR) is 121 cm³/mol. The van der Waals surface area contributed by atoms with E-state index in [2.05, 4.69) is 16.9 Å². The van der Waals surface area contributed by atoms with E-state index in [4.69, 9.17) is 10.7 Å². The van der Waals surface area contributed by atoms with Gasteiger partial charge in [0.25, 0.3) is 0 Å². The molecular formula is C25H23N5O. The Morgan fingerprint density at radius 3 is 2.65 bits per heavy atom. The van der Waals surface area contributed by atoms with Gasteiger partial charge in [-0.05, 0) is 44.0 Å². The number of aromatic nitrogens is 2. The molecule has 0 amide bonds. The molecule has 2 N–H and O–H groups in total. The van der Waals surface area contributed by atoms with Gasteiger partial charge in [-0.25, -0.2) is 4.99 Å². The second kappa shape index (κ2) is 7.86. The first-order valence-corrected chi connectivity index (χ1v) is 10.5. The first-order valence-electron chi connectivity index (χ1n) is 10.5. The minimum atomic E-state index is -0.560. The Bertz CT molecular complexity index is 1210. The molecule has 0 saturated heterocycles. The molecule has 2 heterocycles. The number of aliphatic imine (C=N–C) groups is 1. The third-order valence-corrected chi connectivity index (χ3v) is 5.57. The number of hydrogen-bond donors (Lipinski definition) is 1. The van der Waals surface area contributed by atoms with Gasteiger partial charge in [0, 0.05) is 23.0 Å². The maximum absolute atomic E-state index is 12.4. The number of carbonyl (C=O) groups is 1. The highest BCUT2D eigenvalue weighted by Crippen LogP contribution is 2.39. The Morgan fingerprint density at radius 2 is 1.94 bits per heavy atom. The summed E-state index contributed by atoms with van der Waals surface area (Å²) in [6.07, 6.45) is 7.08. The van der Waals surface area contributed by atoms with Crippen LogP contribution in [0.2, 0.25) is 0 Å².